The van der Waals surface area contributed by atoms with Gasteiger partial charge in [0.1, 0.15) is 18.3 Å². The monoisotopic (exact) mass is 509 g/mol. The van der Waals surface area contributed by atoms with Crippen molar-refractivity contribution in [2.45, 2.75) is 45.8 Å². The highest BCUT2D eigenvalue weighted by Gasteiger charge is 2.30. The lowest BCUT2D eigenvalue weighted by Gasteiger charge is -2.32. The molecular formula is C24H32ClN3O5S. The lowest BCUT2D eigenvalue weighted by molar-refractivity contribution is -0.139. The number of hydrogen-bond donors (Lipinski definition) is 1. The minimum Gasteiger partial charge on any atom is -0.497 e. The maximum absolute atomic E-state index is 13.5. The van der Waals surface area contributed by atoms with Gasteiger partial charge >= 0.3 is 0 Å². The van der Waals surface area contributed by atoms with Crippen molar-refractivity contribution in [3.05, 3.63) is 59.1 Å². The van der Waals surface area contributed by atoms with Crippen LogP contribution in [0.5, 0.6) is 5.75 Å². The van der Waals surface area contributed by atoms with Crippen LogP contribution in [0.2, 0.25) is 5.02 Å². The van der Waals surface area contributed by atoms with Crippen LogP contribution in [0.4, 0.5) is 5.69 Å². The van der Waals surface area contributed by atoms with Crippen LogP contribution in [0, 0.1) is 0 Å². The van der Waals surface area contributed by atoms with Crippen molar-refractivity contribution in [3.63, 3.8) is 0 Å². The first-order valence-electron chi connectivity index (χ1n) is 10.9. The first-order valence-corrected chi connectivity index (χ1v) is 13.1. The Hall–Kier alpha value is -2.78. The maximum atomic E-state index is 13.5. The van der Waals surface area contributed by atoms with Gasteiger partial charge in [0, 0.05) is 23.7 Å². The SMILES string of the molecule is CC[C@@H](C)NC(=O)[C@@H](C)N(Cc1ccc(Cl)cc1)C(=O)CN(c1cccc(OC)c1)S(C)(=O)=O. The summed E-state index contributed by atoms with van der Waals surface area (Å²) in [4.78, 5) is 27.7. The summed E-state index contributed by atoms with van der Waals surface area (Å²) in [6.45, 7) is 5.09. The number of carbonyl (C=O) groups excluding carboxylic acids is 2. The van der Waals surface area contributed by atoms with Gasteiger partial charge in [0.05, 0.1) is 19.1 Å². The first kappa shape index (κ1) is 27.5. The van der Waals surface area contributed by atoms with Gasteiger partial charge in [-0.2, -0.15) is 0 Å². The normalized spacial score (nSPS) is 13.0. The van der Waals surface area contributed by atoms with Crippen molar-refractivity contribution in [1.29, 1.82) is 0 Å². The number of anilines is 1. The van der Waals surface area contributed by atoms with Crippen molar-refractivity contribution in [2.75, 3.05) is 24.2 Å². The Bertz CT molecular complexity index is 1090. The molecule has 0 spiro atoms. The second-order valence-corrected chi connectivity index (χ2v) is 10.5. The van der Waals surface area contributed by atoms with Crippen molar-refractivity contribution < 1.29 is 22.7 Å². The molecule has 0 unspecified atom stereocenters. The predicted octanol–water partition coefficient (Wildman–Crippen LogP) is 3.45. The average Bonchev–Trinajstić information content (AvgIpc) is 2.80. The predicted molar refractivity (Wildman–Crippen MR) is 135 cm³/mol. The van der Waals surface area contributed by atoms with Gasteiger partial charge < -0.3 is 15.0 Å². The molecule has 10 heteroatoms. The number of sulfonamides is 1. The van der Waals surface area contributed by atoms with Crippen molar-refractivity contribution in [1.82, 2.24) is 10.2 Å². The summed E-state index contributed by atoms with van der Waals surface area (Å²) >= 11 is 5.98. The number of halogens is 1. The Kier molecular flexibility index (Phi) is 9.76. The molecule has 2 aromatic carbocycles. The molecule has 2 amide bonds. The molecule has 0 saturated carbocycles. The van der Waals surface area contributed by atoms with E-state index < -0.39 is 28.5 Å². The third-order valence-electron chi connectivity index (χ3n) is 5.46. The average molecular weight is 510 g/mol. The van der Waals surface area contributed by atoms with Crippen LogP contribution in [-0.2, 0) is 26.2 Å². The topological polar surface area (TPSA) is 96.0 Å². The van der Waals surface area contributed by atoms with E-state index in [4.69, 9.17) is 16.3 Å². The number of methoxy groups -OCH3 is 1. The van der Waals surface area contributed by atoms with Gasteiger partial charge in [0.2, 0.25) is 21.8 Å². The van der Waals surface area contributed by atoms with Crippen LogP contribution in [0.25, 0.3) is 0 Å². The summed E-state index contributed by atoms with van der Waals surface area (Å²) in [7, 11) is -2.33. The molecule has 0 radical (unpaired) electrons. The van der Waals surface area contributed by atoms with Crippen molar-refractivity contribution in [3.8, 4) is 5.75 Å². The summed E-state index contributed by atoms with van der Waals surface area (Å²) < 4.78 is 31.4. The van der Waals surface area contributed by atoms with Crippen LogP contribution in [0.15, 0.2) is 48.5 Å². The molecule has 0 saturated heterocycles. The minimum absolute atomic E-state index is 0.0632. The Morgan fingerprint density at radius 1 is 1.12 bits per heavy atom. The summed E-state index contributed by atoms with van der Waals surface area (Å²) in [6.07, 6.45) is 1.77. The van der Waals surface area contributed by atoms with Crippen LogP contribution < -0.4 is 14.4 Å². The second kappa shape index (κ2) is 12.1. The molecule has 34 heavy (non-hydrogen) atoms. The van der Waals surface area contributed by atoms with E-state index in [0.717, 1.165) is 22.5 Å². The van der Waals surface area contributed by atoms with Gasteiger partial charge in [-0.15, -0.1) is 0 Å². The van der Waals surface area contributed by atoms with E-state index in [1.807, 2.05) is 13.8 Å². The summed E-state index contributed by atoms with van der Waals surface area (Å²) in [5.41, 5.74) is 1.05. The van der Waals surface area contributed by atoms with Gasteiger partial charge in [0.15, 0.2) is 0 Å². The molecule has 0 bridgehead atoms. The van der Waals surface area contributed by atoms with Gasteiger partial charge in [-0.05, 0) is 50.1 Å². The van der Waals surface area contributed by atoms with Gasteiger partial charge in [0.25, 0.3) is 0 Å². The molecule has 2 aromatic rings. The molecule has 0 heterocycles. The third-order valence-corrected chi connectivity index (χ3v) is 6.85. The highest BCUT2D eigenvalue weighted by Crippen LogP contribution is 2.24. The molecule has 0 aliphatic rings. The minimum atomic E-state index is -3.81. The number of hydrogen-bond acceptors (Lipinski definition) is 5. The van der Waals surface area contributed by atoms with Crippen LogP contribution in [0.1, 0.15) is 32.8 Å². The summed E-state index contributed by atoms with van der Waals surface area (Å²) in [5, 5.41) is 3.43. The van der Waals surface area contributed by atoms with Crippen LogP contribution in [-0.4, -0.2) is 57.1 Å². The number of nitrogens with one attached hydrogen (secondary N) is 1. The van der Waals surface area contributed by atoms with E-state index >= 15 is 0 Å². The van der Waals surface area contributed by atoms with Crippen molar-refractivity contribution in [2.24, 2.45) is 0 Å². The summed E-state index contributed by atoms with van der Waals surface area (Å²) in [5.74, 6) is -0.378. The summed E-state index contributed by atoms with van der Waals surface area (Å²) in [6, 6.07) is 12.5. The second-order valence-electron chi connectivity index (χ2n) is 8.11. The molecule has 0 aromatic heterocycles. The highest BCUT2D eigenvalue weighted by molar-refractivity contribution is 7.92. The zero-order valence-corrected chi connectivity index (χ0v) is 21.7. The molecule has 8 nitrogen and oxygen atoms in total. The number of benzene rings is 2. The molecule has 0 aliphatic heterocycles. The number of carbonyl (C=O) groups is 2. The van der Waals surface area contributed by atoms with Gasteiger partial charge in [-0.1, -0.05) is 36.7 Å². The van der Waals surface area contributed by atoms with Gasteiger partial charge in [-0.3, -0.25) is 13.9 Å². The Morgan fingerprint density at radius 2 is 1.76 bits per heavy atom. The molecular weight excluding hydrogens is 478 g/mol. The molecule has 2 atom stereocenters. The Balaban J connectivity index is 2.38. The lowest BCUT2D eigenvalue weighted by Crippen LogP contribution is -2.52. The fourth-order valence-corrected chi connectivity index (χ4v) is 4.18. The molecule has 2 rings (SSSR count). The zero-order chi connectivity index (χ0) is 25.5. The van der Waals surface area contributed by atoms with Crippen LogP contribution >= 0.6 is 11.6 Å². The third kappa shape index (κ3) is 7.63. The largest absolute Gasteiger partial charge is 0.497 e. The van der Waals surface area contributed by atoms with E-state index in [1.165, 1.54) is 18.1 Å². The first-order chi connectivity index (χ1) is 16.0. The maximum Gasteiger partial charge on any atom is 0.244 e. The molecule has 1 N–H and O–H groups in total. The number of rotatable bonds is 11. The van der Waals surface area contributed by atoms with E-state index in [2.05, 4.69) is 5.32 Å². The van der Waals surface area contributed by atoms with Crippen LogP contribution in [0.3, 0.4) is 0 Å². The van der Waals surface area contributed by atoms with E-state index in [0.29, 0.717) is 16.5 Å². The van der Waals surface area contributed by atoms with E-state index in [1.54, 1.807) is 49.4 Å². The number of amides is 2. The van der Waals surface area contributed by atoms with Crippen molar-refractivity contribution >= 4 is 39.1 Å². The molecule has 0 fully saturated rings. The molecule has 0 aliphatic carbocycles. The van der Waals surface area contributed by atoms with E-state index in [-0.39, 0.29) is 18.5 Å². The standard InChI is InChI=1S/C24H32ClN3O5S/c1-6-17(2)26-24(30)18(3)27(15-19-10-12-20(25)13-11-19)23(29)16-28(34(5,31)32)21-8-7-9-22(14-21)33-4/h7-14,17-18H,6,15-16H2,1-5H3,(H,26,30)/t17-,18-/m1/s1. The fourth-order valence-electron chi connectivity index (χ4n) is 3.21. The lowest BCUT2D eigenvalue weighted by atomic mass is 10.1. The fraction of sp³-hybridized carbons (Fsp3) is 0.417. The smallest absolute Gasteiger partial charge is 0.244 e. The number of ether oxygens (including phenoxy) is 1. The number of nitrogens with zero attached hydrogens (tertiary/aromatic N) is 2. The highest BCUT2D eigenvalue weighted by atomic mass is 35.5. The quantitative estimate of drug-likeness (QED) is 0.500. The Labute approximate surface area is 206 Å². The molecule has 186 valence electrons. The Morgan fingerprint density at radius 3 is 2.32 bits per heavy atom. The zero-order valence-electron chi connectivity index (χ0n) is 20.1. The van der Waals surface area contributed by atoms with E-state index in [9.17, 15) is 18.0 Å². The van der Waals surface area contributed by atoms with Gasteiger partial charge in [-0.25, -0.2) is 8.42 Å².